The highest BCUT2D eigenvalue weighted by atomic mass is 16.5. The fourth-order valence-corrected chi connectivity index (χ4v) is 5.99. The van der Waals surface area contributed by atoms with Gasteiger partial charge in [-0.3, -0.25) is 4.79 Å². The molecule has 206 valence electrons. The molecular formula is C32H33N3O5. The first-order chi connectivity index (χ1) is 19.4. The van der Waals surface area contributed by atoms with Crippen molar-refractivity contribution in [1.29, 1.82) is 0 Å². The van der Waals surface area contributed by atoms with Gasteiger partial charge in [-0.15, -0.1) is 0 Å². The monoisotopic (exact) mass is 539 g/mol. The van der Waals surface area contributed by atoms with E-state index in [2.05, 4.69) is 18.0 Å². The number of hydrogen-bond acceptors (Lipinski definition) is 5. The van der Waals surface area contributed by atoms with Crippen LogP contribution in [0.25, 0.3) is 10.9 Å². The van der Waals surface area contributed by atoms with Gasteiger partial charge in [0.05, 0.1) is 31.7 Å². The molecule has 3 heterocycles. The maximum Gasteiger partial charge on any atom is 0.332 e. The Balaban J connectivity index is 1.50. The quantitative estimate of drug-likeness (QED) is 0.270. The van der Waals surface area contributed by atoms with Gasteiger partial charge in [-0.25, -0.2) is 9.69 Å². The normalized spacial score (nSPS) is 20.1. The number of rotatable bonds is 8. The molecule has 0 aliphatic carbocycles. The van der Waals surface area contributed by atoms with Crippen molar-refractivity contribution < 1.29 is 23.8 Å². The molecule has 0 bridgehead atoms. The van der Waals surface area contributed by atoms with E-state index < -0.39 is 5.54 Å². The molecule has 0 radical (unpaired) electrons. The highest BCUT2D eigenvalue weighted by Crippen LogP contribution is 2.51. The first-order valence-electron chi connectivity index (χ1n) is 13.7. The van der Waals surface area contributed by atoms with Crippen LogP contribution in [0, 0.1) is 0 Å². The number of ether oxygens (including phenoxy) is 3. The fraction of sp³-hybridized carbons (Fsp3) is 0.312. The van der Waals surface area contributed by atoms with E-state index in [4.69, 9.17) is 14.2 Å². The Hall–Kier alpha value is -4.46. The van der Waals surface area contributed by atoms with Crippen LogP contribution in [0.2, 0.25) is 0 Å². The molecule has 2 aliphatic heterocycles. The lowest BCUT2D eigenvalue weighted by Crippen LogP contribution is -2.50. The number of aromatic amines is 1. The summed E-state index contributed by atoms with van der Waals surface area (Å²) in [5.41, 5.74) is 3.01. The fourth-order valence-electron chi connectivity index (χ4n) is 5.99. The van der Waals surface area contributed by atoms with E-state index in [-0.39, 0.29) is 17.9 Å². The van der Waals surface area contributed by atoms with Crippen LogP contribution in [0.15, 0.2) is 66.7 Å². The maximum atomic E-state index is 14.2. The van der Waals surface area contributed by atoms with E-state index in [0.717, 1.165) is 34.1 Å². The summed E-state index contributed by atoms with van der Waals surface area (Å²) in [4.78, 5) is 34.7. The Morgan fingerprint density at radius 3 is 2.48 bits per heavy atom. The molecule has 1 aromatic heterocycles. The number of methoxy groups -OCH3 is 1. The number of hydrogen-bond donors (Lipinski definition) is 1. The van der Waals surface area contributed by atoms with Gasteiger partial charge in [0.2, 0.25) is 0 Å². The van der Waals surface area contributed by atoms with Gasteiger partial charge < -0.3 is 24.1 Å². The molecule has 1 saturated heterocycles. The van der Waals surface area contributed by atoms with E-state index in [1.54, 1.807) is 36.3 Å². The lowest BCUT2D eigenvalue weighted by atomic mass is 9.78. The highest BCUT2D eigenvalue weighted by Gasteiger charge is 2.60. The molecule has 3 aromatic carbocycles. The summed E-state index contributed by atoms with van der Waals surface area (Å²) in [6.45, 7) is 7.29. The Labute approximate surface area is 233 Å². The van der Waals surface area contributed by atoms with E-state index in [1.807, 2.05) is 50.2 Å². The van der Waals surface area contributed by atoms with Crippen LogP contribution < -0.4 is 19.1 Å². The molecule has 3 amide bonds. The molecule has 1 fully saturated rings. The van der Waals surface area contributed by atoms with Crippen LogP contribution in [0.5, 0.6) is 17.2 Å². The van der Waals surface area contributed by atoms with E-state index in [9.17, 15) is 9.59 Å². The molecule has 4 aromatic rings. The second kappa shape index (κ2) is 9.93. The SMILES string of the molecule is CCCOc1ccc(C2CN3C(=O)N(c4ccc(OC)cc4)C(=O)C3(C)c3[nH]c4ccccc4c32)cc1OCC. The van der Waals surface area contributed by atoms with Crippen molar-refractivity contribution in [3.05, 3.63) is 83.6 Å². The number of nitrogens with one attached hydrogen (secondary N) is 1. The van der Waals surface area contributed by atoms with Crippen LogP contribution >= 0.6 is 0 Å². The molecule has 2 unspecified atom stereocenters. The first kappa shape index (κ1) is 25.8. The number of H-pyrrole nitrogens is 1. The molecule has 0 saturated carbocycles. The van der Waals surface area contributed by atoms with Crippen LogP contribution in [0.3, 0.4) is 0 Å². The maximum absolute atomic E-state index is 14.2. The van der Waals surface area contributed by atoms with E-state index in [1.165, 1.54) is 4.90 Å². The number of aromatic nitrogens is 1. The number of para-hydroxylation sites is 1. The van der Waals surface area contributed by atoms with Crippen LogP contribution in [0.1, 0.15) is 49.9 Å². The number of nitrogens with zero attached hydrogens (tertiary/aromatic N) is 2. The van der Waals surface area contributed by atoms with Gasteiger partial charge in [0.25, 0.3) is 5.91 Å². The molecule has 2 atom stereocenters. The topological polar surface area (TPSA) is 84.1 Å². The number of benzene rings is 3. The highest BCUT2D eigenvalue weighted by molar-refractivity contribution is 6.23. The first-order valence-corrected chi connectivity index (χ1v) is 13.7. The summed E-state index contributed by atoms with van der Waals surface area (Å²) in [6.07, 6.45) is 0.892. The third kappa shape index (κ3) is 3.81. The second-order valence-electron chi connectivity index (χ2n) is 10.3. The second-order valence-corrected chi connectivity index (χ2v) is 10.3. The third-order valence-electron chi connectivity index (χ3n) is 7.99. The Kier molecular flexibility index (Phi) is 6.41. The smallest absolute Gasteiger partial charge is 0.332 e. The van der Waals surface area contributed by atoms with Gasteiger partial charge in [0.1, 0.15) is 5.75 Å². The minimum atomic E-state index is -1.19. The molecule has 0 spiro atoms. The number of amides is 3. The van der Waals surface area contributed by atoms with Gasteiger partial charge in [-0.05, 0) is 73.9 Å². The number of fused-ring (bicyclic) bond motifs is 5. The summed E-state index contributed by atoms with van der Waals surface area (Å²) in [7, 11) is 1.58. The summed E-state index contributed by atoms with van der Waals surface area (Å²) < 4.78 is 17.2. The summed E-state index contributed by atoms with van der Waals surface area (Å²) >= 11 is 0. The van der Waals surface area contributed by atoms with Crippen LogP contribution in [-0.2, 0) is 10.3 Å². The minimum absolute atomic E-state index is 0.189. The average molecular weight is 540 g/mol. The molecule has 1 N–H and O–H groups in total. The van der Waals surface area contributed by atoms with Crippen molar-refractivity contribution in [2.24, 2.45) is 0 Å². The van der Waals surface area contributed by atoms with Crippen molar-refractivity contribution in [2.45, 2.75) is 38.6 Å². The molecule has 8 nitrogen and oxygen atoms in total. The Bertz CT molecular complexity index is 1590. The van der Waals surface area contributed by atoms with Crippen molar-refractivity contribution in [3.8, 4) is 17.2 Å². The third-order valence-corrected chi connectivity index (χ3v) is 7.99. The Morgan fingerprint density at radius 1 is 0.975 bits per heavy atom. The average Bonchev–Trinajstić information content (AvgIpc) is 3.46. The number of carbonyl (C=O) groups is 2. The summed E-state index contributed by atoms with van der Waals surface area (Å²) in [5, 5.41) is 1.04. The summed E-state index contributed by atoms with van der Waals surface area (Å²) in [5.74, 6) is 1.55. The molecule has 8 heteroatoms. The zero-order valence-corrected chi connectivity index (χ0v) is 23.2. The molecule has 40 heavy (non-hydrogen) atoms. The zero-order chi connectivity index (χ0) is 28.0. The van der Waals surface area contributed by atoms with Crippen molar-refractivity contribution >= 4 is 28.5 Å². The van der Waals surface area contributed by atoms with Crippen LogP contribution in [-0.4, -0.2) is 48.7 Å². The van der Waals surface area contributed by atoms with Crippen molar-refractivity contribution in [1.82, 2.24) is 9.88 Å². The van der Waals surface area contributed by atoms with Gasteiger partial charge in [0, 0.05) is 23.4 Å². The summed E-state index contributed by atoms with van der Waals surface area (Å²) in [6, 6.07) is 20.7. The molecule has 2 aliphatic rings. The van der Waals surface area contributed by atoms with Crippen molar-refractivity contribution in [2.75, 3.05) is 31.8 Å². The largest absolute Gasteiger partial charge is 0.497 e. The lowest BCUT2D eigenvalue weighted by Gasteiger charge is -2.40. The van der Waals surface area contributed by atoms with Gasteiger partial charge >= 0.3 is 6.03 Å². The lowest BCUT2D eigenvalue weighted by molar-refractivity contribution is -0.125. The van der Waals surface area contributed by atoms with Crippen LogP contribution in [0.4, 0.5) is 10.5 Å². The van der Waals surface area contributed by atoms with Gasteiger partial charge in [0.15, 0.2) is 17.0 Å². The number of anilines is 1. The van der Waals surface area contributed by atoms with E-state index in [0.29, 0.717) is 42.7 Å². The van der Waals surface area contributed by atoms with Gasteiger partial charge in [-0.1, -0.05) is 31.2 Å². The number of urea groups is 1. The zero-order valence-electron chi connectivity index (χ0n) is 23.2. The minimum Gasteiger partial charge on any atom is -0.497 e. The van der Waals surface area contributed by atoms with E-state index >= 15 is 0 Å². The molecule has 6 rings (SSSR count). The molecular weight excluding hydrogens is 506 g/mol. The standard InChI is InChI=1S/C32H33N3O5/c1-5-17-40-26-16-11-20(18-27(26)39-6-2)24-19-34-31(37)35(21-12-14-22(38-4)15-13-21)30(36)32(34,3)29-28(24)23-9-7-8-10-25(23)33-29/h7-16,18,24,33H,5-6,17,19H2,1-4H3. The Morgan fingerprint density at radius 2 is 1.75 bits per heavy atom. The predicted octanol–water partition coefficient (Wildman–Crippen LogP) is 6.19. The van der Waals surface area contributed by atoms with Crippen molar-refractivity contribution in [3.63, 3.8) is 0 Å². The predicted molar refractivity (Wildman–Crippen MR) is 153 cm³/mol. The number of imide groups is 1. The van der Waals surface area contributed by atoms with Gasteiger partial charge in [-0.2, -0.15) is 0 Å². The number of carbonyl (C=O) groups excluding carboxylic acids is 2.